The van der Waals surface area contributed by atoms with Crippen LogP contribution in [0.15, 0.2) is 30.7 Å². The summed E-state index contributed by atoms with van der Waals surface area (Å²) in [5, 5.41) is 3.65. The first-order valence-electron chi connectivity index (χ1n) is 6.07. The Morgan fingerprint density at radius 1 is 1.38 bits per heavy atom. The molecule has 5 nitrogen and oxygen atoms in total. The van der Waals surface area contributed by atoms with Crippen LogP contribution in [0.5, 0.6) is 0 Å². The maximum Gasteiger partial charge on any atom is 0.263 e. The van der Waals surface area contributed by atoms with Gasteiger partial charge >= 0.3 is 0 Å². The van der Waals surface area contributed by atoms with Gasteiger partial charge in [-0.1, -0.05) is 0 Å². The topological polar surface area (TPSA) is 80.9 Å². The highest BCUT2D eigenvalue weighted by atomic mass is 35.5. The summed E-state index contributed by atoms with van der Waals surface area (Å²) < 4.78 is 0. The van der Waals surface area contributed by atoms with Crippen LogP contribution in [0.4, 0.5) is 0 Å². The van der Waals surface area contributed by atoms with Gasteiger partial charge in [-0.05, 0) is 25.5 Å². The number of nitrogens with one attached hydrogen (secondary N) is 1. The standard InChI is InChI=1S/C13H16N4OS.2ClH/c1-9(14)2-7-16-12(18)11-8-17-13(19-11)10-3-5-15-6-4-10;;/h3-6,8-9H,2,7,14H2,1H3,(H,16,18);2*1H. The van der Waals surface area contributed by atoms with Crippen LogP contribution < -0.4 is 11.1 Å². The Kier molecular flexibility index (Phi) is 9.12. The Labute approximate surface area is 140 Å². The van der Waals surface area contributed by atoms with E-state index in [1.165, 1.54) is 11.3 Å². The van der Waals surface area contributed by atoms with Gasteiger partial charge in [-0.3, -0.25) is 9.78 Å². The zero-order chi connectivity index (χ0) is 13.7. The Balaban J connectivity index is 0.00000200. The van der Waals surface area contributed by atoms with Gasteiger partial charge in [0.15, 0.2) is 0 Å². The number of hydrogen-bond acceptors (Lipinski definition) is 5. The molecule has 1 atom stereocenters. The lowest BCUT2D eigenvalue weighted by atomic mass is 10.2. The molecule has 1 amide bonds. The molecule has 0 saturated heterocycles. The molecule has 8 heteroatoms. The number of amides is 1. The number of halogens is 2. The molecule has 2 heterocycles. The number of thiazole rings is 1. The zero-order valence-electron chi connectivity index (χ0n) is 11.5. The van der Waals surface area contributed by atoms with Gasteiger partial charge < -0.3 is 11.1 Å². The van der Waals surface area contributed by atoms with Crippen molar-refractivity contribution < 1.29 is 4.79 Å². The van der Waals surface area contributed by atoms with Gasteiger partial charge in [0.25, 0.3) is 5.91 Å². The van der Waals surface area contributed by atoms with Crippen LogP contribution in [-0.4, -0.2) is 28.5 Å². The SMILES string of the molecule is CC(N)CCNC(=O)c1cnc(-c2ccncc2)s1.Cl.Cl. The normalized spacial score (nSPS) is 11.0. The van der Waals surface area contributed by atoms with Crippen molar-refractivity contribution in [2.75, 3.05) is 6.54 Å². The van der Waals surface area contributed by atoms with E-state index in [-0.39, 0.29) is 36.8 Å². The minimum absolute atomic E-state index is 0. The minimum atomic E-state index is -0.0987. The van der Waals surface area contributed by atoms with E-state index in [9.17, 15) is 4.79 Å². The summed E-state index contributed by atoms with van der Waals surface area (Å²) in [6.45, 7) is 2.50. The molecule has 0 radical (unpaired) electrons. The van der Waals surface area contributed by atoms with Crippen LogP contribution in [0.1, 0.15) is 23.0 Å². The second-order valence-corrected chi connectivity index (χ2v) is 5.32. The number of pyridine rings is 1. The third kappa shape index (κ3) is 5.97. The van der Waals surface area contributed by atoms with Crippen LogP contribution in [0, 0.1) is 0 Å². The highest BCUT2D eigenvalue weighted by Crippen LogP contribution is 2.24. The molecule has 0 aliphatic carbocycles. The average molecular weight is 349 g/mol. The maximum absolute atomic E-state index is 11.9. The third-order valence-corrected chi connectivity index (χ3v) is 3.59. The molecule has 116 valence electrons. The molecule has 2 aromatic rings. The molecule has 0 spiro atoms. The van der Waals surface area contributed by atoms with Crippen molar-refractivity contribution in [3.8, 4) is 10.6 Å². The number of carbonyl (C=O) groups excluding carboxylic acids is 1. The van der Waals surface area contributed by atoms with E-state index >= 15 is 0 Å². The molecule has 0 bridgehead atoms. The minimum Gasteiger partial charge on any atom is -0.351 e. The molecule has 2 aromatic heterocycles. The summed E-state index contributed by atoms with van der Waals surface area (Å²) in [6, 6.07) is 3.84. The smallest absolute Gasteiger partial charge is 0.263 e. The van der Waals surface area contributed by atoms with E-state index in [0.29, 0.717) is 11.4 Å². The zero-order valence-corrected chi connectivity index (χ0v) is 13.9. The fourth-order valence-corrected chi connectivity index (χ4v) is 2.35. The second kappa shape index (κ2) is 9.68. The lowest BCUT2D eigenvalue weighted by Crippen LogP contribution is -2.28. The third-order valence-electron chi connectivity index (χ3n) is 2.54. The second-order valence-electron chi connectivity index (χ2n) is 4.29. The first-order valence-corrected chi connectivity index (χ1v) is 6.88. The molecular weight excluding hydrogens is 331 g/mol. The molecule has 0 fully saturated rings. The van der Waals surface area contributed by atoms with Gasteiger partial charge in [0.2, 0.25) is 0 Å². The summed E-state index contributed by atoms with van der Waals surface area (Å²) in [4.78, 5) is 20.7. The molecular formula is C13H18Cl2N4OS. The quantitative estimate of drug-likeness (QED) is 0.869. The van der Waals surface area contributed by atoms with Gasteiger partial charge in [-0.2, -0.15) is 0 Å². The summed E-state index contributed by atoms with van der Waals surface area (Å²) in [6.07, 6.45) is 5.78. The molecule has 3 N–H and O–H groups in total. The van der Waals surface area contributed by atoms with Crippen molar-refractivity contribution in [3.05, 3.63) is 35.6 Å². The Hall–Kier alpha value is -1.21. The molecule has 0 aliphatic heterocycles. The van der Waals surface area contributed by atoms with Crippen molar-refractivity contribution in [2.45, 2.75) is 19.4 Å². The predicted molar refractivity (Wildman–Crippen MR) is 90.4 cm³/mol. The van der Waals surface area contributed by atoms with Crippen molar-refractivity contribution in [3.63, 3.8) is 0 Å². The van der Waals surface area contributed by atoms with Gasteiger partial charge in [-0.15, -0.1) is 36.2 Å². The van der Waals surface area contributed by atoms with Crippen LogP contribution in [-0.2, 0) is 0 Å². The molecule has 2 rings (SSSR count). The summed E-state index contributed by atoms with van der Waals surface area (Å²) in [5.74, 6) is -0.0987. The number of nitrogens with two attached hydrogens (primary N) is 1. The summed E-state index contributed by atoms with van der Waals surface area (Å²) >= 11 is 1.37. The fraction of sp³-hybridized carbons (Fsp3) is 0.308. The molecule has 0 aliphatic rings. The van der Waals surface area contributed by atoms with Crippen molar-refractivity contribution in [2.24, 2.45) is 5.73 Å². The number of rotatable bonds is 5. The van der Waals surface area contributed by atoms with Crippen LogP contribution in [0.2, 0.25) is 0 Å². The first kappa shape index (κ1) is 19.8. The number of carbonyl (C=O) groups is 1. The van der Waals surface area contributed by atoms with E-state index in [1.807, 2.05) is 19.1 Å². The van der Waals surface area contributed by atoms with E-state index in [4.69, 9.17) is 5.73 Å². The molecule has 0 saturated carbocycles. The molecule has 1 unspecified atom stereocenters. The van der Waals surface area contributed by atoms with Crippen LogP contribution in [0.3, 0.4) is 0 Å². The van der Waals surface area contributed by atoms with Crippen molar-refractivity contribution >= 4 is 42.1 Å². The monoisotopic (exact) mass is 348 g/mol. The largest absolute Gasteiger partial charge is 0.351 e. The van der Waals surface area contributed by atoms with Gasteiger partial charge in [0.05, 0.1) is 6.20 Å². The summed E-state index contributed by atoms with van der Waals surface area (Å²) in [5.41, 5.74) is 6.60. The molecule has 0 aromatic carbocycles. The number of nitrogens with zero attached hydrogens (tertiary/aromatic N) is 2. The van der Waals surface area contributed by atoms with Crippen molar-refractivity contribution in [1.82, 2.24) is 15.3 Å². The van der Waals surface area contributed by atoms with Crippen molar-refractivity contribution in [1.29, 1.82) is 0 Å². The van der Waals surface area contributed by atoms with Gasteiger partial charge in [-0.25, -0.2) is 4.98 Å². The number of hydrogen-bond donors (Lipinski definition) is 2. The Morgan fingerprint density at radius 3 is 2.67 bits per heavy atom. The highest BCUT2D eigenvalue weighted by molar-refractivity contribution is 7.16. The highest BCUT2D eigenvalue weighted by Gasteiger charge is 2.11. The lowest BCUT2D eigenvalue weighted by Gasteiger charge is -2.05. The first-order chi connectivity index (χ1) is 9.16. The van der Waals surface area contributed by atoms with Gasteiger partial charge in [0, 0.05) is 30.5 Å². The predicted octanol–water partition coefficient (Wildman–Crippen LogP) is 2.52. The van der Waals surface area contributed by atoms with Crippen LogP contribution >= 0.6 is 36.2 Å². The summed E-state index contributed by atoms with van der Waals surface area (Å²) in [7, 11) is 0. The average Bonchev–Trinajstić information content (AvgIpc) is 2.89. The van der Waals surface area contributed by atoms with E-state index in [0.717, 1.165) is 17.0 Å². The fourth-order valence-electron chi connectivity index (χ4n) is 1.51. The van der Waals surface area contributed by atoms with Crippen LogP contribution in [0.25, 0.3) is 10.6 Å². The molecule has 21 heavy (non-hydrogen) atoms. The van der Waals surface area contributed by atoms with E-state index < -0.39 is 0 Å². The van der Waals surface area contributed by atoms with E-state index in [1.54, 1.807) is 18.6 Å². The Morgan fingerprint density at radius 2 is 2.05 bits per heavy atom. The maximum atomic E-state index is 11.9. The number of aromatic nitrogens is 2. The lowest BCUT2D eigenvalue weighted by molar-refractivity contribution is 0.0956. The Bertz CT molecular complexity index is 548. The van der Waals surface area contributed by atoms with E-state index in [2.05, 4.69) is 15.3 Å². The van der Waals surface area contributed by atoms with Gasteiger partial charge in [0.1, 0.15) is 9.88 Å².